The Hall–Kier alpha value is -0.380. The molecule has 2 rings (SSSR count). The largest absolute Gasteiger partial charge is 0.298 e. The van der Waals surface area contributed by atoms with Crippen LogP contribution in [0.3, 0.4) is 0 Å². The lowest BCUT2D eigenvalue weighted by Gasteiger charge is -2.38. The Labute approximate surface area is 118 Å². The van der Waals surface area contributed by atoms with Crippen molar-refractivity contribution in [3.8, 4) is 0 Å². The van der Waals surface area contributed by atoms with E-state index in [1.165, 1.54) is 25.8 Å². The molecule has 0 saturated carbocycles. The summed E-state index contributed by atoms with van der Waals surface area (Å²) in [6, 6.07) is 2.96. The van der Waals surface area contributed by atoms with E-state index in [4.69, 9.17) is 23.2 Å². The molecule has 3 nitrogen and oxygen atoms in total. The maximum Gasteiger partial charge on any atom is 0.170 e. The summed E-state index contributed by atoms with van der Waals surface area (Å²) in [7, 11) is 0. The fraction of sp³-hybridized carbons (Fsp3) is 0.692. The molecule has 1 saturated heterocycles. The second kappa shape index (κ2) is 6.18. The number of halogens is 2. The lowest BCUT2D eigenvalue weighted by atomic mass is 9.96. The highest BCUT2D eigenvalue weighted by Crippen LogP contribution is 2.24. The Balaban J connectivity index is 2.08. The first-order chi connectivity index (χ1) is 8.58. The minimum atomic E-state index is 0.282. The quantitative estimate of drug-likeness (QED) is 0.851. The molecule has 100 valence electrons. The lowest BCUT2D eigenvalue weighted by molar-refractivity contribution is 0.111. The number of piperidine rings is 1. The van der Waals surface area contributed by atoms with Crippen LogP contribution in [-0.4, -0.2) is 33.7 Å². The van der Waals surface area contributed by atoms with Gasteiger partial charge >= 0.3 is 0 Å². The average molecular weight is 288 g/mol. The lowest BCUT2D eigenvalue weighted by Crippen LogP contribution is -2.45. The van der Waals surface area contributed by atoms with Gasteiger partial charge in [0.2, 0.25) is 0 Å². The standard InChI is InChI=1S/C13H19Cl2N3/c1-9(2)18-6-4-3-5-11(18)7-10-8-12(14)13(15)17-16-10/h8-9,11H,3-7H2,1-2H3. The van der Waals surface area contributed by atoms with Crippen molar-refractivity contribution in [3.05, 3.63) is 21.9 Å². The highest BCUT2D eigenvalue weighted by atomic mass is 35.5. The summed E-state index contributed by atoms with van der Waals surface area (Å²) < 4.78 is 0. The predicted molar refractivity (Wildman–Crippen MR) is 75.2 cm³/mol. The summed E-state index contributed by atoms with van der Waals surface area (Å²) in [6.07, 6.45) is 4.71. The molecule has 0 N–H and O–H groups in total. The van der Waals surface area contributed by atoms with E-state index in [1.807, 2.05) is 6.07 Å². The molecule has 1 aliphatic rings. The molecule has 0 aromatic carbocycles. The minimum absolute atomic E-state index is 0.282. The van der Waals surface area contributed by atoms with Crippen molar-refractivity contribution < 1.29 is 0 Å². The van der Waals surface area contributed by atoms with E-state index in [0.29, 0.717) is 17.1 Å². The average Bonchev–Trinajstić information content (AvgIpc) is 2.34. The van der Waals surface area contributed by atoms with Gasteiger partial charge in [-0.05, 0) is 39.3 Å². The van der Waals surface area contributed by atoms with Crippen LogP contribution in [0.25, 0.3) is 0 Å². The fourth-order valence-corrected chi connectivity index (χ4v) is 2.91. The first-order valence-corrected chi connectivity index (χ1v) is 7.27. The van der Waals surface area contributed by atoms with E-state index in [9.17, 15) is 0 Å². The van der Waals surface area contributed by atoms with E-state index in [0.717, 1.165) is 12.1 Å². The Kier molecular flexibility index (Phi) is 4.82. The first-order valence-electron chi connectivity index (χ1n) is 6.51. The summed E-state index contributed by atoms with van der Waals surface area (Å²) in [6.45, 7) is 5.68. The van der Waals surface area contributed by atoms with Crippen LogP contribution in [0.4, 0.5) is 0 Å². The van der Waals surface area contributed by atoms with Crippen LogP contribution >= 0.6 is 23.2 Å². The van der Waals surface area contributed by atoms with E-state index in [1.54, 1.807) is 0 Å². The molecule has 0 radical (unpaired) electrons. The fourth-order valence-electron chi connectivity index (χ4n) is 2.65. The van der Waals surface area contributed by atoms with Crippen molar-refractivity contribution >= 4 is 23.2 Å². The van der Waals surface area contributed by atoms with Gasteiger partial charge < -0.3 is 0 Å². The number of hydrogen-bond acceptors (Lipinski definition) is 3. The van der Waals surface area contributed by atoms with Gasteiger partial charge in [-0.3, -0.25) is 4.90 Å². The van der Waals surface area contributed by atoms with Crippen molar-refractivity contribution in [3.63, 3.8) is 0 Å². The van der Waals surface area contributed by atoms with Crippen LogP contribution in [0.2, 0.25) is 10.2 Å². The maximum absolute atomic E-state index is 5.98. The highest BCUT2D eigenvalue weighted by Gasteiger charge is 2.25. The Morgan fingerprint density at radius 3 is 2.78 bits per heavy atom. The van der Waals surface area contributed by atoms with Crippen molar-refractivity contribution in [2.45, 2.75) is 51.6 Å². The molecule has 0 amide bonds. The van der Waals surface area contributed by atoms with Crippen LogP contribution < -0.4 is 0 Å². The molecule has 0 spiro atoms. The number of rotatable bonds is 3. The van der Waals surface area contributed by atoms with Crippen molar-refractivity contribution in [1.29, 1.82) is 0 Å². The molecule has 0 aliphatic carbocycles. The third kappa shape index (κ3) is 3.34. The van der Waals surface area contributed by atoms with Gasteiger partial charge in [0.15, 0.2) is 5.15 Å². The van der Waals surface area contributed by atoms with Gasteiger partial charge in [-0.1, -0.05) is 29.6 Å². The zero-order chi connectivity index (χ0) is 13.1. The van der Waals surface area contributed by atoms with Gasteiger partial charge in [0.05, 0.1) is 10.7 Å². The van der Waals surface area contributed by atoms with Crippen LogP contribution in [0.5, 0.6) is 0 Å². The molecule has 18 heavy (non-hydrogen) atoms. The van der Waals surface area contributed by atoms with E-state index in [-0.39, 0.29) is 5.15 Å². The monoisotopic (exact) mass is 287 g/mol. The number of aromatic nitrogens is 2. The van der Waals surface area contributed by atoms with Crippen molar-refractivity contribution in [2.75, 3.05) is 6.54 Å². The molecule has 5 heteroatoms. The Morgan fingerprint density at radius 2 is 2.11 bits per heavy atom. The highest BCUT2D eigenvalue weighted by molar-refractivity contribution is 6.41. The van der Waals surface area contributed by atoms with Crippen molar-refractivity contribution in [2.24, 2.45) is 0 Å². The Morgan fingerprint density at radius 1 is 1.33 bits per heavy atom. The van der Waals surface area contributed by atoms with E-state index < -0.39 is 0 Å². The molecule has 1 aromatic heterocycles. The van der Waals surface area contributed by atoms with Crippen LogP contribution in [0.15, 0.2) is 6.07 Å². The topological polar surface area (TPSA) is 29.0 Å². The second-order valence-corrected chi connectivity index (χ2v) is 5.92. The maximum atomic E-state index is 5.98. The van der Waals surface area contributed by atoms with Gasteiger partial charge in [-0.2, -0.15) is 5.10 Å². The third-order valence-electron chi connectivity index (χ3n) is 3.54. The summed E-state index contributed by atoms with van der Waals surface area (Å²) in [5, 5.41) is 8.79. The van der Waals surface area contributed by atoms with Crippen LogP contribution in [-0.2, 0) is 6.42 Å². The smallest absolute Gasteiger partial charge is 0.170 e. The third-order valence-corrected chi connectivity index (χ3v) is 4.20. The van der Waals surface area contributed by atoms with E-state index >= 15 is 0 Å². The van der Waals surface area contributed by atoms with Gasteiger partial charge in [0, 0.05) is 18.5 Å². The molecule has 1 fully saturated rings. The molecular formula is C13H19Cl2N3. The summed E-state index contributed by atoms with van der Waals surface area (Å²) in [5.74, 6) is 0. The molecule has 1 unspecified atom stereocenters. The number of likely N-dealkylation sites (tertiary alicyclic amines) is 1. The predicted octanol–water partition coefficient (Wildman–Crippen LogP) is 3.59. The summed E-state index contributed by atoms with van der Waals surface area (Å²) >= 11 is 11.8. The number of hydrogen-bond donors (Lipinski definition) is 0. The zero-order valence-corrected chi connectivity index (χ0v) is 12.4. The SMILES string of the molecule is CC(C)N1CCCCC1Cc1cc(Cl)c(Cl)nn1. The normalized spacial score (nSPS) is 21.5. The van der Waals surface area contributed by atoms with Gasteiger partial charge in [0.25, 0.3) is 0 Å². The molecule has 1 aromatic rings. The van der Waals surface area contributed by atoms with Gasteiger partial charge in [0.1, 0.15) is 0 Å². The Bertz CT molecular complexity index is 409. The molecular weight excluding hydrogens is 269 g/mol. The van der Waals surface area contributed by atoms with Crippen LogP contribution in [0.1, 0.15) is 38.8 Å². The van der Waals surface area contributed by atoms with Crippen LogP contribution in [0, 0.1) is 0 Å². The van der Waals surface area contributed by atoms with Gasteiger partial charge in [-0.25, -0.2) is 0 Å². The number of nitrogens with zero attached hydrogens (tertiary/aromatic N) is 3. The first kappa shape index (κ1) is 14.0. The summed E-state index contributed by atoms with van der Waals surface area (Å²) in [5.41, 5.74) is 0.932. The van der Waals surface area contributed by atoms with Gasteiger partial charge in [-0.15, -0.1) is 5.10 Å². The summed E-state index contributed by atoms with van der Waals surface area (Å²) in [4.78, 5) is 2.55. The molecule has 1 atom stereocenters. The molecule has 0 bridgehead atoms. The van der Waals surface area contributed by atoms with E-state index in [2.05, 4.69) is 28.9 Å². The molecule has 2 heterocycles. The minimum Gasteiger partial charge on any atom is -0.298 e. The molecule has 1 aliphatic heterocycles. The second-order valence-electron chi connectivity index (χ2n) is 5.16. The van der Waals surface area contributed by atoms with Crippen molar-refractivity contribution in [1.82, 2.24) is 15.1 Å². The zero-order valence-electron chi connectivity index (χ0n) is 10.9.